The third-order valence-electron chi connectivity index (χ3n) is 0.213. The van der Waals surface area contributed by atoms with Crippen molar-refractivity contribution >= 4 is 0 Å². The van der Waals surface area contributed by atoms with Crippen molar-refractivity contribution in [2.45, 2.75) is 6.92 Å². The van der Waals surface area contributed by atoms with E-state index in [0.29, 0.717) is 5.57 Å². The predicted octanol–water partition coefficient (Wildman–Crippen LogP) is -1.85. The Kier molecular flexibility index (Phi) is 21.6. The maximum absolute atomic E-state index is 6.31. The quantitative estimate of drug-likeness (QED) is 0.325. The Morgan fingerprint density at radius 3 is 1.86 bits per heavy atom. The molecule has 35 valence electrons. The van der Waals surface area contributed by atoms with Crippen molar-refractivity contribution in [3.8, 4) is 5.92 Å². The standard InChI is InChI=1S/C5H5.BrH.Zn/c1-4-5(2)3;;/h2H2,3H3;1H;/p-1. The molecule has 0 amide bonds. The van der Waals surface area contributed by atoms with Crippen LogP contribution in [0.15, 0.2) is 12.2 Å². The molecule has 7 heavy (non-hydrogen) atoms. The molecular weight excluding hydrogens is 205 g/mol. The first-order valence-electron chi connectivity index (χ1n) is 1.35. The van der Waals surface area contributed by atoms with Crippen LogP contribution in [0.4, 0.5) is 0 Å². The van der Waals surface area contributed by atoms with Gasteiger partial charge in [0, 0.05) is 19.5 Å². The molecule has 0 fully saturated rings. The predicted molar refractivity (Wildman–Crippen MR) is 21.9 cm³/mol. The summed E-state index contributed by atoms with van der Waals surface area (Å²) in [4.78, 5) is 0. The van der Waals surface area contributed by atoms with Crippen LogP contribution < -0.4 is 17.0 Å². The summed E-state index contributed by atoms with van der Waals surface area (Å²) in [5, 5.41) is 0. The normalized spacial score (nSPS) is 4.00. The van der Waals surface area contributed by atoms with E-state index in [4.69, 9.17) is 6.42 Å². The summed E-state index contributed by atoms with van der Waals surface area (Å²) in [6.07, 6.45) is 6.31. The molecule has 0 aliphatic rings. The molecule has 0 aromatic carbocycles. The van der Waals surface area contributed by atoms with Gasteiger partial charge in [0.1, 0.15) is 0 Å². The molecule has 0 unspecified atom stereocenters. The Morgan fingerprint density at radius 2 is 1.86 bits per heavy atom. The van der Waals surface area contributed by atoms with Crippen molar-refractivity contribution in [3.05, 3.63) is 18.6 Å². The number of allylic oxidation sites excluding steroid dienone is 1. The molecule has 0 aliphatic carbocycles. The first-order chi connectivity index (χ1) is 2.27. The van der Waals surface area contributed by atoms with Crippen LogP contribution in [-0.4, -0.2) is 0 Å². The van der Waals surface area contributed by atoms with E-state index in [-0.39, 0.29) is 36.5 Å². The number of hydrogen-bond donors (Lipinski definition) is 0. The van der Waals surface area contributed by atoms with E-state index in [9.17, 15) is 0 Å². The molecule has 0 aromatic rings. The largest absolute Gasteiger partial charge is 1.00 e. The molecule has 0 bridgehead atoms. The van der Waals surface area contributed by atoms with Crippen molar-refractivity contribution in [1.29, 1.82) is 0 Å². The van der Waals surface area contributed by atoms with Crippen molar-refractivity contribution in [3.63, 3.8) is 0 Å². The van der Waals surface area contributed by atoms with Crippen LogP contribution in [0.2, 0.25) is 0 Å². The van der Waals surface area contributed by atoms with Crippen LogP contribution in [0, 0.1) is 12.3 Å². The van der Waals surface area contributed by atoms with Gasteiger partial charge in [0.15, 0.2) is 0 Å². The summed E-state index contributed by atoms with van der Waals surface area (Å²) >= 11 is 0. The Morgan fingerprint density at radius 1 is 1.71 bits per heavy atom. The topological polar surface area (TPSA) is 0 Å². The second kappa shape index (κ2) is 9.64. The van der Waals surface area contributed by atoms with Gasteiger partial charge in [-0.25, -0.2) is 0 Å². The zero-order valence-electron chi connectivity index (χ0n) is 4.29. The first kappa shape index (κ1) is 15.7. The average molecular weight is 210 g/mol. The zero-order valence-corrected chi connectivity index (χ0v) is 8.85. The van der Waals surface area contributed by atoms with Crippen molar-refractivity contribution in [2.24, 2.45) is 0 Å². The van der Waals surface area contributed by atoms with Gasteiger partial charge in [0.05, 0.1) is 0 Å². The fourth-order valence-corrected chi connectivity index (χ4v) is 0. The molecule has 1 radical (unpaired) electrons. The number of hydrogen-bond acceptors (Lipinski definition) is 0. The van der Waals surface area contributed by atoms with E-state index >= 15 is 0 Å². The van der Waals surface area contributed by atoms with Crippen LogP contribution in [-0.2, 0) is 19.5 Å². The minimum Gasteiger partial charge on any atom is -1.00 e. The van der Waals surface area contributed by atoms with Gasteiger partial charge < -0.3 is 17.0 Å². The van der Waals surface area contributed by atoms with E-state index in [1.165, 1.54) is 0 Å². The molecule has 0 spiro atoms. The Balaban J connectivity index is -0.0000000800. The Bertz CT molecular complexity index is 80.6. The number of rotatable bonds is 0. The van der Waals surface area contributed by atoms with Gasteiger partial charge >= 0.3 is 0 Å². The third kappa shape index (κ3) is 21.5. The molecule has 0 N–H and O–H groups in total. The summed E-state index contributed by atoms with van der Waals surface area (Å²) in [7, 11) is 0. The van der Waals surface area contributed by atoms with Gasteiger partial charge in [-0.05, 0) is 18.9 Å². The molecule has 0 nitrogen and oxygen atoms in total. The zero-order chi connectivity index (χ0) is 4.28. The van der Waals surface area contributed by atoms with Crippen LogP contribution in [0.25, 0.3) is 0 Å². The van der Waals surface area contributed by atoms with Crippen LogP contribution in [0.1, 0.15) is 6.92 Å². The molecule has 0 aromatic heterocycles. The molecule has 0 saturated carbocycles. The van der Waals surface area contributed by atoms with Crippen LogP contribution in [0.5, 0.6) is 0 Å². The Hall–Kier alpha value is 0.403. The van der Waals surface area contributed by atoms with E-state index in [2.05, 4.69) is 12.5 Å². The maximum Gasteiger partial charge on any atom is 0 e. The number of halogens is 1. The minimum absolute atomic E-state index is 0. The monoisotopic (exact) mass is 208 g/mol. The average Bonchev–Trinajstić information content (AvgIpc) is 1.38. The first-order valence-corrected chi connectivity index (χ1v) is 1.35. The summed E-state index contributed by atoms with van der Waals surface area (Å²) in [6.45, 7) is 5.10. The van der Waals surface area contributed by atoms with Gasteiger partial charge in [-0.3, -0.25) is 0 Å². The molecule has 0 rings (SSSR count). The summed E-state index contributed by atoms with van der Waals surface area (Å²) in [6, 6.07) is 0. The summed E-state index contributed by atoms with van der Waals surface area (Å²) in [5.41, 5.74) is 0.671. The van der Waals surface area contributed by atoms with Crippen molar-refractivity contribution in [1.82, 2.24) is 0 Å². The molecule has 2 heteroatoms. The van der Waals surface area contributed by atoms with Crippen LogP contribution in [0.3, 0.4) is 0 Å². The van der Waals surface area contributed by atoms with Crippen LogP contribution >= 0.6 is 0 Å². The second-order valence-corrected chi connectivity index (χ2v) is 0.905. The summed E-state index contributed by atoms with van der Waals surface area (Å²) in [5.74, 6) is 2.08. The fraction of sp³-hybridized carbons (Fsp3) is 0.200. The Labute approximate surface area is 67.9 Å². The maximum atomic E-state index is 6.31. The van der Waals surface area contributed by atoms with Gasteiger partial charge in [-0.1, -0.05) is 12.5 Å². The molecule has 0 atom stereocenters. The van der Waals surface area contributed by atoms with Gasteiger partial charge in [-0.2, -0.15) is 0 Å². The molecular formula is C5H5BrZn-. The minimum atomic E-state index is 0. The fourth-order valence-electron chi connectivity index (χ4n) is 0. The van der Waals surface area contributed by atoms with Gasteiger partial charge in [0.2, 0.25) is 0 Å². The SMILES string of the molecule is [Br-].[C]#CC(=C)C.[Zn]. The third-order valence-corrected chi connectivity index (χ3v) is 0.213. The van der Waals surface area contributed by atoms with E-state index < -0.39 is 0 Å². The van der Waals surface area contributed by atoms with E-state index in [1.807, 2.05) is 0 Å². The molecule has 0 heterocycles. The van der Waals surface area contributed by atoms with E-state index in [0.717, 1.165) is 0 Å². The summed E-state index contributed by atoms with van der Waals surface area (Å²) < 4.78 is 0. The van der Waals surface area contributed by atoms with Crippen molar-refractivity contribution in [2.75, 3.05) is 0 Å². The van der Waals surface area contributed by atoms with E-state index in [1.54, 1.807) is 6.92 Å². The second-order valence-electron chi connectivity index (χ2n) is 0.905. The van der Waals surface area contributed by atoms with Gasteiger partial charge in [0.25, 0.3) is 0 Å². The van der Waals surface area contributed by atoms with Crippen molar-refractivity contribution < 1.29 is 36.5 Å². The molecule has 0 saturated heterocycles. The molecule has 0 aliphatic heterocycles. The van der Waals surface area contributed by atoms with Gasteiger partial charge in [-0.15, -0.1) is 0 Å². The smallest absolute Gasteiger partial charge is 0 e.